The van der Waals surface area contributed by atoms with Crippen LogP contribution in [0.4, 0.5) is 11.4 Å². The van der Waals surface area contributed by atoms with Crippen LogP contribution in [-0.4, -0.2) is 33.7 Å². The number of ether oxygens (including phenoxy) is 4. The van der Waals surface area contributed by atoms with Gasteiger partial charge >= 0.3 is 0 Å². The molecule has 0 unspecified atom stereocenters. The first kappa shape index (κ1) is 26.0. The lowest BCUT2D eigenvalue weighted by Crippen LogP contribution is -2.27. The van der Waals surface area contributed by atoms with E-state index in [1.54, 1.807) is 21.3 Å². The zero-order chi connectivity index (χ0) is 26.8. The van der Waals surface area contributed by atoms with Gasteiger partial charge in [0.2, 0.25) is 0 Å². The molecular weight excluding hydrogens is 548 g/mol. The monoisotopic (exact) mass is 578 g/mol. The highest BCUT2D eigenvalue weighted by atomic mass is 79.9. The maximum atomic E-state index is 13.9. The Morgan fingerprint density at radius 2 is 1.61 bits per heavy atom. The van der Waals surface area contributed by atoms with Gasteiger partial charge in [-0.1, -0.05) is 18.2 Å². The Bertz CT molecular complexity index is 1400. The van der Waals surface area contributed by atoms with Crippen molar-refractivity contribution in [2.75, 3.05) is 38.6 Å². The van der Waals surface area contributed by atoms with Crippen LogP contribution in [0.5, 0.6) is 23.0 Å². The third-order valence-electron chi connectivity index (χ3n) is 7.06. The minimum absolute atomic E-state index is 0.00128. The maximum Gasteiger partial charge on any atom is 0.174 e. The van der Waals surface area contributed by atoms with Crippen molar-refractivity contribution in [2.24, 2.45) is 0 Å². The highest BCUT2D eigenvalue weighted by molar-refractivity contribution is 9.10. The van der Waals surface area contributed by atoms with Gasteiger partial charge in [0.15, 0.2) is 28.8 Å². The molecule has 8 heteroatoms. The molecule has 0 saturated heterocycles. The highest BCUT2D eigenvalue weighted by Crippen LogP contribution is 2.47. The van der Waals surface area contributed by atoms with E-state index in [9.17, 15) is 4.79 Å². The number of benzene rings is 3. The summed E-state index contributed by atoms with van der Waals surface area (Å²) in [5.41, 5.74) is 5.43. The van der Waals surface area contributed by atoms with Crippen molar-refractivity contribution < 1.29 is 23.7 Å². The number of fused-ring (bicyclic) bond motifs is 1. The molecule has 0 saturated carbocycles. The maximum absolute atomic E-state index is 13.9. The molecule has 7 nitrogen and oxygen atoms in total. The molecular formula is C30H31BrN2O5. The Labute approximate surface area is 231 Å². The Kier molecular flexibility index (Phi) is 7.51. The lowest BCUT2D eigenvalue weighted by molar-refractivity contribution is -0.116. The molecule has 5 rings (SSSR count). The van der Waals surface area contributed by atoms with E-state index in [1.165, 1.54) is 0 Å². The summed E-state index contributed by atoms with van der Waals surface area (Å²) >= 11 is 3.62. The number of nitrogens with one attached hydrogen (secondary N) is 2. The highest BCUT2D eigenvalue weighted by Gasteiger charge is 2.37. The Balaban J connectivity index is 1.59. The van der Waals surface area contributed by atoms with Gasteiger partial charge in [0.1, 0.15) is 0 Å². The molecule has 1 heterocycles. The van der Waals surface area contributed by atoms with E-state index in [4.69, 9.17) is 18.9 Å². The van der Waals surface area contributed by atoms with Gasteiger partial charge in [0, 0.05) is 17.7 Å². The summed E-state index contributed by atoms with van der Waals surface area (Å²) in [5, 5.41) is 7.21. The van der Waals surface area contributed by atoms with Gasteiger partial charge in [-0.3, -0.25) is 4.79 Å². The fourth-order valence-electron chi connectivity index (χ4n) is 5.30. The topological polar surface area (TPSA) is 78.1 Å². The van der Waals surface area contributed by atoms with E-state index >= 15 is 0 Å². The summed E-state index contributed by atoms with van der Waals surface area (Å²) in [7, 11) is 4.85. The number of anilines is 2. The average molecular weight is 579 g/mol. The molecule has 0 fully saturated rings. The number of hydrogen-bond donors (Lipinski definition) is 2. The fraction of sp³-hybridized carbons (Fsp3) is 0.300. The van der Waals surface area contributed by atoms with Crippen molar-refractivity contribution in [3.8, 4) is 23.0 Å². The molecule has 0 aromatic heterocycles. The van der Waals surface area contributed by atoms with Crippen LogP contribution in [0.1, 0.15) is 42.9 Å². The first-order valence-corrected chi connectivity index (χ1v) is 13.4. The van der Waals surface area contributed by atoms with Gasteiger partial charge in [0.25, 0.3) is 0 Å². The number of Topliss-reactive ketones (excluding diaryl/α,β-unsaturated/α-hetero) is 1. The quantitative estimate of drug-likeness (QED) is 0.317. The summed E-state index contributed by atoms with van der Waals surface area (Å²) in [4.78, 5) is 13.9. The summed E-state index contributed by atoms with van der Waals surface area (Å²) < 4.78 is 23.2. The van der Waals surface area contributed by atoms with Crippen LogP contribution in [-0.2, 0) is 4.79 Å². The second-order valence-corrected chi connectivity index (χ2v) is 10.1. The zero-order valence-electron chi connectivity index (χ0n) is 21.9. The number of halogens is 1. The number of allylic oxidation sites excluding steroid dienone is 1. The first-order valence-electron chi connectivity index (χ1n) is 12.6. The Hall–Kier alpha value is -3.65. The molecule has 198 valence electrons. The molecule has 2 atom stereocenters. The molecule has 1 aliphatic carbocycles. The molecule has 3 aromatic carbocycles. The minimum Gasteiger partial charge on any atom is -0.493 e. The molecule has 1 aliphatic heterocycles. The predicted octanol–water partition coefficient (Wildman–Crippen LogP) is 6.85. The lowest BCUT2D eigenvalue weighted by Gasteiger charge is -2.30. The predicted molar refractivity (Wildman–Crippen MR) is 152 cm³/mol. The average Bonchev–Trinajstić information content (AvgIpc) is 3.10. The summed E-state index contributed by atoms with van der Waals surface area (Å²) in [6, 6.07) is 17.5. The van der Waals surface area contributed by atoms with Gasteiger partial charge in [-0.25, -0.2) is 0 Å². The van der Waals surface area contributed by atoms with Gasteiger partial charge in [0.05, 0.1) is 49.8 Å². The van der Waals surface area contributed by atoms with Gasteiger partial charge in [-0.05, 0) is 82.7 Å². The van der Waals surface area contributed by atoms with Crippen molar-refractivity contribution >= 4 is 33.1 Å². The number of para-hydroxylation sites is 2. The number of hydrogen-bond acceptors (Lipinski definition) is 7. The van der Waals surface area contributed by atoms with E-state index in [1.807, 2.05) is 61.5 Å². The van der Waals surface area contributed by atoms with Crippen LogP contribution in [0.3, 0.4) is 0 Å². The molecule has 0 spiro atoms. The van der Waals surface area contributed by atoms with Gasteiger partial charge in [-0.15, -0.1) is 0 Å². The van der Waals surface area contributed by atoms with E-state index in [0.29, 0.717) is 42.4 Å². The first-order chi connectivity index (χ1) is 18.5. The van der Waals surface area contributed by atoms with Crippen LogP contribution < -0.4 is 29.6 Å². The molecule has 38 heavy (non-hydrogen) atoms. The van der Waals surface area contributed by atoms with Crippen LogP contribution >= 0.6 is 15.9 Å². The SMILES string of the molecule is CCOc1ccc([C@H]2CC(=O)C3=C(C2)Nc2ccccc2N[C@H]3c2cc(Br)c(OC)c(OC)c2)cc1OC. The molecule has 0 radical (unpaired) electrons. The van der Waals surface area contributed by atoms with Crippen LogP contribution in [0, 0.1) is 0 Å². The van der Waals surface area contributed by atoms with E-state index < -0.39 is 0 Å². The van der Waals surface area contributed by atoms with Crippen molar-refractivity contribution in [1.82, 2.24) is 0 Å². The molecule has 0 amide bonds. The van der Waals surface area contributed by atoms with E-state index in [0.717, 1.165) is 38.2 Å². The van der Waals surface area contributed by atoms with Crippen LogP contribution in [0.25, 0.3) is 0 Å². The summed E-state index contributed by atoms with van der Waals surface area (Å²) in [6.45, 7) is 2.50. The third-order valence-corrected chi connectivity index (χ3v) is 7.65. The standard InChI is InChI=1S/C30H31BrN2O5/c1-5-38-25-11-10-17(15-26(25)35-2)18-13-23-28(24(34)14-18)29(33-22-9-7-6-8-21(22)32-23)19-12-20(31)30(37-4)27(16-19)36-3/h6-12,15-16,18,29,32-33H,5,13-14H2,1-4H3/t18-,29+/m1/s1. The Morgan fingerprint density at radius 3 is 2.32 bits per heavy atom. The summed E-state index contributed by atoms with van der Waals surface area (Å²) in [6.07, 6.45) is 1.07. The fourth-order valence-corrected chi connectivity index (χ4v) is 5.92. The summed E-state index contributed by atoms with van der Waals surface area (Å²) in [5.74, 6) is 2.66. The molecule has 0 bridgehead atoms. The number of rotatable bonds is 7. The molecule has 2 aliphatic rings. The van der Waals surface area contributed by atoms with Gasteiger partial charge in [-0.2, -0.15) is 0 Å². The number of methoxy groups -OCH3 is 3. The second kappa shape index (κ2) is 11.0. The van der Waals surface area contributed by atoms with Crippen LogP contribution in [0.15, 0.2) is 70.3 Å². The van der Waals surface area contributed by atoms with Crippen molar-refractivity contribution in [1.29, 1.82) is 0 Å². The minimum atomic E-state index is -0.374. The number of carbonyl (C=O) groups excluding carboxylic acids is 1. The van der Waals surface area contributed by atoms with Crippen LogP contribution in [0.2, 0.25) is 0 Å². The lowest BCUT2D eigenvalue weighted by atomic mass is 9.78. The van der Waals surface area contributed by atoms with Crippen molar-refractivity contribution in [2.45, 2.75) is 31.7 Å². The molecule has 2 N–H and O–H groups in total. The molecule has 3 aromatic rings. The second-order valence-electron chi connectivity index (χ2n) is 9.25. The number of carbonyl (C=O) groups is 1. The van der Waals surface area contributed by atoms with E-state index in [2.05, 4.69) is 26.6 Å². The smallest absolute Gasteiger partial charge is 0.174 e. The van der Waals surface area contributed by atoms with Gasteiger partial charge < -0.3 is 29.6 Å². The normalized spacial score (nSPS) is 18.4. The van der Waals surface area contributed by atoms with E-state index in [-0.39, 0.29) is 17.7 Å². The zero-order valence-corrected chi connectivity index (χ0v) is 23.5. The third kappa shape index (κ3) is 4.80. The van der Waals surface area contributed by atoms with Crippen molar-refractivity contribution in [3.63, 3.8) is 0 Å². The Morgan fingerprint density at radius 1 is 0.868 bits per heavy atom. The largest absolute Gasteiger partial charge is 0.493 e. The van der Waals surface area contributed by atoms with Crippen molar-refractivity contribution in [3.05, 3.63) is 81.5 Å². The number of ketones is 1.